The molecule has 2 aromatic rings. The number of amides is 1. The summed E-state index contributed by atoms with van der Waals surface area (Å²) in [5.41, 5.74) is 1.03. The number of carbonyl (C=O) groups excluding carboxylic acids is 1. The number of aromatic nitrogens is 2. The van der Waals surface area contributed by atoms with E-state index >= 15 is 0 Å². The Hall–Kier alpha value is -2.83. The van der Waals surface area contributed by atoms with Gasteiger partial charge < -0.3 is 20.1 Å². The van der Waals surface area contributed by atoms with Crippen LogP contribution in [0.15, 0.2) is 36.8 Å². The quantitative estimate of drug-likeness (QED) is 0.565. The van der Waals surface area contributed by atoms with Crippen molar-refractivity contribution in [2.24, 2.45) is 0 Å². The van der Waals surface area contributed by atoms with Crippen LogP contribution in [0.25, 0.3) is 0 Å². The van der Waals surface area contributed by atoms with E-state index in [9.17, 15) is 19.8 Å². The molecule has 7 heteroatoms. The maximum atomic E-state index is 12.2. The molecule has 0 saturated heterocycles. The highest BCUT2D eigenvalue weighted by atomic mass is 16.4. The Kier molecular flexibility index (Phi) is 7.20. The number of hydrogen-bond acceptors (Lipinski definition) is 4. The van der Waals surface area contributed by atoms with Gasteiger partial charge in [-0.1, -0.05) is 44.7 Å². The number of hydrogen-bond donors (Lipinski definition) is 3. The fourth-order valence-corrected chi connectivity index (χ4v) is 2.68. The van der Waals surface area contributed by atoms with E-state index in [0.29, 0.717) is 13.0 Å². The van der Waals surface area contributed by atoms with Crippen LogP contribution in [0.5, 0.6) is 5.75 Å². The molecule has 3 N–H and O–H groups in total. The lowest BCUT2D eigenvalue weighted by Gasteiger charge is -2.13. The predicted molar refractivity (Wildman–Crippen MR) is 96.9 cm³/mol. The average molecular weight is 359 g/mol. The number of unbranched alkanes of at least 4 members (excludes halogenated alkanes) is 3. The van der Waals surface area contributed by atoms with Gasteiger partial charge in [0.2, 0.25) is 0 Å². The molecule has 7 nitrogen and oxygen atoms in total. The number of carboxylic acid groups (broad SMARTS) is 1. The van der Waals surface area contributed by atoms with E-state index < -0.39 is 12.0 Å². The normalized spacial score (nSPS) is 11.9. The van der Waals surface area contributed by atoms with E-state index in [-0.39, 0.29) is 17.4 Å². The molecule has 0 spiro atoms. The Morgan fingerprint density at radius 2 is 1.92 bits per heavy atom. The summed E-state index contributed by atoms with van der Waals surface area (Å²) in [6.45, 7) is 2.40. The standard InChI is InChI=1S/C19H25N3O4/c1-2-3-4-5-6-17(19(25)26)22-12-16(21-13-22)18(24)20-11-14-7-9-15(23)10-8-14/h7-10,12-13,17,23H,2-6,11H2,1H3,(H,20,24)(H,25,26). The number of nitrogens with zero attached hydrogens (tertiary/aromatic N) is 2. The minimum atomic E-state index is -0.921. The second-order valence-corrected chi connectivity index (χ2v) is 6.26. The van der Waals surface area contributed by atoms with E-state index in [1.807, 2.05) is 0 Å². The Morgan fingerprint density at radius 3 is 2.58 bits per heavy atom. The number of benzene rings is 1. The smallest absolute Gasteiger partial charge is 0.326 e. The molecule has 1 amide bonds. The van der Waals surface area contributed by atoms with Crippen molar-refractivity contribution >= 4 is 11.9 Å². The Bertz CT molecular complexity index is 725. The molecule has 0 aliphatic heterocycles. The third kappa shape index (κ3) is 5.61. The molecule has 0 bridgehead atoms. The van der Waals surface area contributed by atoms with E-state index in [0.717, 1.165) is 31.2 Å². The number of carboxylic acids is 1. The van der Waals surface area contributed by atoms with Gasteiger partial charge >= 0.3 is 5.97 Å². The van der Waals surface area contributed by atoms with Crippen LogP contribution in [-0.4, -0.2) is 31.6 Å². The molecule has 1 atom stereocenters. The van der Waals surface area contributed by atoms with Crippen molar-refractivity contribution in [1.29, 1.82) is 0 Å². The van der Waals surface area contributed by atoms with Crippen LogP contribution in [-0.2, 0) is 11.3 Å². The van der Waals surface area contributed by atoms with Gasteiger partial charge in [0, 0.05) is 12.7 Å². The van der Waals surface area contributed by atoms with Gasteiger partial charge in [-0.15, -0.1) is 0 Å². The topological polar surface area (TPSA) is 104 Å². The van der Waals surface area contributed by atoms with Crippen molar-refractivity contribution in [3.05, 3.63) is 48.0 Å². The number of phenols is 1. The third-order valence-electron chi connectivity index (χ3n) is 4.20. The second-order valence-electron chi connectivity index (χ2n) is 6.26. The molecule has 0 aliphatic rings. The Morgan fingerprint density at radius 1 is 1.19 bits per heavy atom. The van der Waals surface area contributed by atoms with E-state index in [4.69, 9.17) is 0 Å². The fraction of sp³-hybridized carbons (Fsp3) is 0.421. The zero-order chi connectivity index (χ0) is 18.9. The van der Waals surface area contributed by atoms with Crippen molar-refractivity contribution in [2.45, 2.75) is 51.6 Å². The van der Waals surface area contributed by atoms with Crippen LogP contribution >= 0.6 is 0 Å². The minimum absolute atomic E-state index is 0.164. The maximum Gasteiger partial charge on any atom is 0.326 e. The SMILES string of the molecule is CCCCCCC(C(=O)O)n1cnc(C(=O)NCc2ccc(O)cc2)c1. The van der Waals surface area contributed by atoms with Crippen molar-refractivity contribution in [2.75, 3.05) is 0 Å². The van der Waals surface area contributed by atoms with Crippen LogP contribution in [0.1, 0.15) is 61.1 Å². The van der Waals surface area contributed by atoms with Gasteiger partial charge in [0.25, 0.3) is 5.91 Å². The molecular weight excluding hydrogens is 334 g/mol. The van der Waals surface area contributed by atoms with Gasteiger partial charge in [-0.2, -0.15) is 0 Å². The number of phenolic OH excluding ortho intramolecular Hbond substituents is 1. The number of aliphatic carboxylic acids is 1. The van der Waals surface area contributed by atoms with Gasteiger partial charge in [-0.3, -0.25) is 4.79 Å². The lowest BCUT2D eigenvalue weighted by molar-refractivity contribution is -0.141. The monoisotopic (exact) mass is 359 g/mol. The summed E-state index contributed by atoms with van der Waals surface area (Å²) >= 11 is 0. The third-order valence-corrected chi connectivity index (χ3v) is 4.20. The summed E-state index contributed by atoms with van der Waals surface area (Å²) in [7, 11) is 0. The molecule has 0 aliphatic carbocycles. The van der Waals surface area contributed by atoms with E-state index in [2.05, 4.69) is 17.2 Å². The molecule has 26 heavy (non-hydrogen) atoms. The van der Waals surface area contributed by atoms with Crippen molar-refractivity contribution in [1.82, 2.24) is 14.9 Å². The molecule has 1 heterocycles. The maximum absolute atomic E-state index is 12.2. The Labute approximate surface area is 152 Å². The largest absolute Gasteiger partial charge is 0.508 e. The molecule has 1 unspecified atom stereocenters. The number of imidazole rings is 1. The lowest BCUT2D eigenvalue weighted by atomic mass is 10.1. The van der Waals surface area contributed by atoms with E-state index in [1.54, 1.807) is 24.3 Å². The molecule has 0 radical (unpaired) electrons. The van der Waals surface area contributed by atoms with Crippen molar-refractivity contribution in [3.63, 3.8) is 0 Å². The number of carbonyl (C=O) groups is 2. The minimum Gasteiger partial charge on any atom is -0.508 e. The molecular formula is C19H25N3O4. The first-order chi connectivity index (χ1) is 12.5. The summed E-state index contributed by atoms with van der Waals surface area (Å²) in [6, 6.07) is 5.81. The molecule has 1 aromatic carbocycles. The van der Waals surface area contributed by atoms with Gasteiger partial charge in [0.1, 0.15) is 17.5 Å². The average Bonchev–Trinajstić information content (AvgIpc) is 3.10. The van der Waals surface area contributed by atoms with Crippen LogP contribution in [0.2, 0.25) is 0 Å². The number of nitrogens with one attached hydrogen (secondary N) is 1. The van der Waals surface area contributed by atoms with Crippen LogP contribution in [0, 0.1) is 0 Å². The van der Waals surface area contributed by atoms with Gasteiger partial charge in [-0.05, 0) is 24.1 Å². The van der Waals surface area contributed by atoms with Crippen molar-refractivity contribution < 1.29 is 19.8 Å². The summed E-state index contributed by atoms with van der Waals surface area (Å²) < 4.78 is 1.49. The van der Waals surface area contributed by atoms with Crippen LogP contribution < -0.4 is 5.32 Å². The fourth-order valence-electron chi connectivity index (χ4n) is 2.68. The first kappa shape index (κ1) is 19.5. The first-order valence-corrected chi connectivity index (χ1v) is 8.83. The Balaban J connectivity index is 1.94. The molecule has 0 fully saturated rings. The lowest BCUT2D eigenvalue weighted by Crippen LogP contribution is -2.23. The van der Waals surface area contributed by atoms with Crippen LogP contribution in [0.3, 0.4) is 0 Å². The molecule has 140 valence electrons. The van der Waals surface area contributed by atoms with Gasteiger partial charge in [0.15, 0.2) is 0 Å². The number of rotatable bonds is 10. The highest BCUT2D eigenvalue weighted by molar-refractivity contribution is 5.92. The molecule has 1 aromatic heterocycles. The van der Waals surface area contributed by atoms with Crippen LogP contribution in [0.4, 0.5) is 0 Å². The number of aromatic hydroxyl groups is 1. The molecule has 2 rings (SSSR count). The van der Waals surface area contributed by atoms with E-state index in [1.165, 1.54) is 17.1 Å². The zero-order valence-electron chi connectivity index (χ0n) is 14.9. The summed E-state index contributed by atoms with van der Waals surface area (Å²) in [5.74, 6) is -1.13. The first-order valence-electron chi connectivity index (χ1n) is 8.83. The van der Waals surface area contributed by atoms with Gasteiger partial charge in [-0.25, -0.2) is 9.78 Å². The summed E-state index contributed by atoms with van der Waals surface area (Å²) in [4.78, 5) is 27.8. The van der Waals surface area contributed by atoms with Gasteiger partial charge in [0.05, 0.1) is 6.33 Å². The van der Waals surface area contributed by atoms with Crippen molar-refractivity contribution in [3.8, 4) is 5.75 Å². The summed E-state index contributed by atoms with van der Waals surface area (Å²) in [6.07, 6.45) is 7.38. The highest BCUT2D eigenvalue weighted by Gasteiger charge is 2.20. The molecule has 0 saturated carbocycles. The predicted octanol–water partition coefficient (Wildman–Crippen LogP) is 3.11. The summed E-state index contributed by atoms with van der Waals surface area (Å²) in [5, 5.41) is 21.4. The zero-order valence-corrected chi connectivity index (χ0v) is 14.9. The highest BCUT2D eigenvalue weighted by Crippen LogP contribution is 2.17. The second kappa shape index (κ2) is 9.60.